The van der Waals surface area contributed by atoms with Gasteiger partial charge >= 0.3 is 0 Å². The van der Waals surface area contributed by atoms with Gasteiger partial charge in [0.05, 0.1) is 6.04 Å². The molecule has 1 N–H and O–H groups in total. The smallest absolute Gasteiger partial charge is 0.198 e. The summed E-state index contributed by atoms with van der Waals surface area (Å²) in [5.41, 5.74) is 0.685. The minimum Gasteiger partial charge on any atom is -0.306 e. The summed E-state index contributed by atoms with van der Waals surface area (Å²) in [7, 11) is 1.79. The molecule has 1 aliphatic rings. The molecule has 0 spiro atoms. The molecular formula is C9H13N3OS. The van der Waals surface area contributed by atoms with E-state index in [1.165, 1.54) is 0 Å². The molecule has 5 heteroatoms. The van der Waals surface area contributed by atoms with Gasteiger partial charge in [0, 0.05) is 31.3 Å². The highest BCUT2D eigenvalue weighted by Crippen LogP contribution is 2.12. The van der Waals surface area contributed by atoms with Crippen molar-refractivity contribution in [2.24, 2.45) is 7.05 Å². The molecule has 0 bridgehead atoms. The highest BCUT2D eigenvalue weighted by Gasteiger charge is 2.23. The van der Waals surface area contributed by atoms with Gasteiger partial charge < -0.3 is 5.32 Å². The summed E-state index contributed by atoms with van der Waals surface area (Å²) in [6, 6.07) is 1.73. The van der Waals surface area contributed by atoms with E-state index in [0.29, 0.717) is 5.69 Å². The number of ketones is 1. The first kappa shape index (κ1) is 9.73. The second-order valence-electron chi connectivity index (χ2n) is 3.29. The molecule has 1 saturated heterocycles. The van der Waals surface area contributed by atoms with Crippen molar-refractivity contribution in [3.05, 3.63) is 18.0 Å². The zero-order chi connectivity index (χ0) is 9.97. The van der Waals surface area contributed by atoms with Gasteiger partial charge in [0.15, 0.2) is 5.78 Å². The molecule has 4 nitrogen and oxygen atoms in total. The predicted octanol–water partition coefficient (Wildman–Crippen LogP) is 0.308. The molecule has 0 saturated carbocycles. The van der Waals surface area contributed by atoms with E-state index in [0.717, 1.165) is 18.1 Å². The Morgan fingerprint density at radius 2 is 2.64 bits per heavy atom. The maximum absolute atomic E-state index is 11.9. The van der Waals surface area contributed by atoms with Gasteiger partial charge in [-0.1, -0.05) is 0 Å². The maximum Gasteiger partial charge on any atom is 0.198 e. The summed E-state index contributed by atoms with van der Waals surface area (Å²) in [5.74, 6) is 2.11. The lowest BCUT2D eigenvalue weighted by Gasteiger charge is -2.21. The van der Waals surface area contributed by atoms with Crippen molar-refractivity contribution >= 4 is 17.5 Å². The molecule has 1 atom stereocenters. The van der Waals surface area contributed by atoms with Gasteiger partial charge in [-0.05, 0) is 6.07 Å². The molecule has 1 aromatic heterocycles. The second kappa shape index (κ2) is 4.14. The van der Waals surface area contributed by atoms with Crippen LogP contribution in [0, 0.1) is 0 Å². The quantitative estimate of drug-likeness (QED) is 0.715. The third kappa shape index (κ3) is 1.83. The number of thioether (sulfide) groups is 1. The normalized spacial score (nSPS) is 22.2. The number of carbonyl (C=O) groups excluding carboxylic acids is 1. The Balaban J connectivity index is 2.11. The number of aromatic nitrogens is 2. The topological polar surface area (TPSA) is 46.9 Å². The van der Waals surface area contributed by atoms with Gasteiger partial charge in [-0.15, -0.1) is 0 Å². The fourth-order valence-corrected chi connectivity index (χ4v) is 2.46. The van der Waals surface area contributed by atoms with Crippen molar-refractivity contribution in [2.45, 2.75) is 6.04 Å². The lowest BCUT2D eigenvalue weighted by Crippen LogP contribution is -2.43. The van der Waals surface area contributed by atoms with Crippen molar-refractivity contribution in [3.63, 3.8) is 0 Å². The molecule has 1 unspecified atom stereocenters. The first-order chi connectivity index (χ1) is 6.79. The minimum absolute atomic E-state index is 0.0378. The monoisotopic (exact) mass is 211 g/mol. The van der Waals surface area contributed by atoms with E-state index < -0.39 is 0 Å². The average molecular weight is 211 g/mol. The summed E-state index contributed by atoms with van der Waals surface area (Å²) in [5, 5.41) is 7.22. The van der Waals surface area contributed by atoms with E-state index in [1.54, 1.807) is 24.0 Å². The highest BCUT2D eigenvalue weighted by molar-refractivity contribution is 7.99. The van der Waals surface area contributed by atoms with Gasteiger partial charge in [0.25, 0.3) is 0 Å². The van der Waals surface area contributed by atoms with E-state index in [4.69, 9.17) is 0 Å². The van der Waals surface area contributed by atoms with Gasteiger partial charge in [-0.25, -0.2) is 0 Å². The van der Waals surface area contributed by atoms with Crippen molar-refractivity contribution in [1.82, 2.24) is 15.1 Å². The van der Waals surface area contributed by atoms with Crippen LogP contribution < -0.4 is 5.32 Å². The third-order valence-corrected chi connectivity index (χ3v) is 3.37. The zero-order valence-corrected chi connectivity index (χ0v) is 8.88. The maximum atomic E-state index is 11.9. The number of nitrogens with one attached hydrogen (secondary N) is 1. The summed E-state index contributed by atoms with van der Waals surface area (Å²) in [6.07, 6.45) is 1.66. The molecule has 0 aliphatic carbocycles. The number of rotatable bonds is 2. The van der Waals surface area contributed by atoms with Crippen LogP contribution in [0.4, 0.5) is 0 Å². The van der Waals surface area contributed by atoms with Crippen LogP contribution in [-0.2, 0) is 7.05 Å². The Bertz CT molecular complexity index is 331. The number of carbonyl (C=O) groups is 1. The third-order valence-electron chi connectivity index (χ3n) is 2.31. The Labute approximate surface area is 87.1 Å². The van der Waals surface area contributed by atoms with E-state index in [-0.39, 0.29) is 11.8 Å². The Kier molecular flexibility index (Phi) is 2.88. The van der Waals surface area contributed by atoms with Gasteiger partial charge in [0.2, 0.25) is 0 Å². The number of hydrogen-bond donors (Lipinski definition) is 1. The zero-order valence-electron chi connectivity index (χ0n) is 8.06. The van der Waals surface area contributed by atoms with Crippen LogP contribution in [0.15, 0.2) is 12.3 Å². The van der Waals surface area contributed by atoms with Crippen LogP contribution >= 0.6 is 11.8 Å². The van der Waals surface area contributed by atoms with Crippen molar-refractivity contribution in [1.29, 1.82) is 0 Å². The fourth-order valence-electron chi connectivity index (χ4n) is 1.53. The van der Waals surface area contributed by atoms with Gasteiger partial charge in [-0.3, -0.25) is 9.48 Å². The molecule has 0 aromatic carbocycles. The first-order valence-corrected chi connectivity index (χ1v) is 5.78. The molecule has 1 aromatic rings. The standard InChI is InChI=1S/C9H13N3OS/c1-12-8(2-3-11-12)9(13)7-6-14-5-4-10-7/h2-3,7,10H,4-6H2,1H3. The molecule has 1 aliphatic heterocycles. The van der Waals surface area contributed by atoms with E-state index in [2.05, 4.69) is 10.4 Å². The predicted molar refractivity (Wildman–Crippen MR) is 56.7 cm³/mol. The molecule has 0 radical (unpaired) electrons. The lowest BCUT2D eigenvalue weighted by molar-refractivity contribution is 0.0943. The molecule has 2 rings (SSSR count). The first-order valence-electron chi connectivity index (χ1n) is 4.62. The molecule has 0 amide bonds. The number of nitrogens with zero attached hydrogens (tertiary/aromatic N) is 2. The fraction of sp³-hybridized carbons (Fsp3) is 0.556. The van der Waals surface area contributed by atoms with E-state index in [1.807, 2.05) is 11.8 Å². The molecule has 1 fully saturated rings. The van der Waals surface area contributed by atoms with Crippen LogP contribution in [0.5, 0.6) is 0 Å². The lowest BCUT2D eigenvalue weighted by atomic mass is 10.1. The molecule has 2 heterocycles. The average Bonchev–Trinajstić information content (AvgIpc) is 2.65. The largest absolute Gasteiger partial charge is 0.306 e. The Morgan fingerprint density at radius 3 is 3.21 bits per heavy atom. The Morgan fingerprint density at radius 1 is 1.79 bits per heavy atom. The van der Waals surface area contributed by atoms with Crippen LogP contribution in [0.2, 0.25) is 0 Å². The van der Waals surface area contributed by atoms with Gasteiger partial charge in [0.1, 0.15) is 5.69 Å². The van der Waals surface area contributed by atoms with Crippen LogP contribution in [0.1, 0.15) is 10.5 Å². The molecule has 76 valence electrons. The second-order valence-corrected chi connectivity index (χ2v) is 4.44. The highest BCUT2D eigenvalue weighted by atomic mass is 32.2. The molecular weight excluding hydrogens is 198 g/mol. The summed E-state index contributed by atoms with van der Waals surface area (Å²) in [4.78, 5) is 11.9. The van der Waals surface area contributed by atoms with E-state index >= 15 is 0 Å². The van der Waals surface area contributed by atoms with Crippen molar-refractivity contribution in [2.75, 3.05) is 18.1 Å². The van der Waals surface area contributed by atoms with Crippen LogP contribution in [0.25, 0.3) is 0 Å². The number of Topliss-reactive ketones (excluding diaryl/α,β-unsaturated/α-hetero) is 1. The summed E-state index contributed by atoms with van der Waals surface area (Å²) < 4.78 is 1.63. The molecule has 14 heavy (non-hydrogen) atoms. The van der Waals surface area contributed by atoms with Gasteiger partial charge in [-0.2, -0.15) is 16.9 Å². The summed E-state index contributed by atoms with van der Waals surface area (Å²) >= 11 is 1.82. The number of aryl methyl sites for hydroxylation is 1. The van der Waals surface area contributed by atoms with Crippen LogP contribution in [-0.4, -0.2) is 39.7 Å². The summed E-state index contributed by atoms with van der Waals surface area (Å²) in [6.45, 7) is 0.916. The minimum atomic E-state index is -0.0378. The van der Waals surface area contributed by atoms with E-state index in [9.17, 15) is 4.79 Å². The number of hydrogen-bond acceptors (Lipinski definition) is 4. The SMILES string of the molecule is Cn1nccc1C(=O)C1CSCCN1. The van der Waals surface area contributed by atoms with Crippen LogP contribution in [0.3, 0.4) is 0 Å². The van der Waals surface area contributed by atoms with Crippen molar-refractivity contribution in [3.8, 4) is 0 Å². The van der Waals surface area contributed by atoms with Crippen molar-refractivity contribution < 1.29 is 4.79 Å². The Hall–Kier alpha value is -0.810.